The Morgan fingerprint density at radius 1 is 1.35 bits per heavy atom. The van der Waals surface area contributed by atoms with E-state index in [-0.39, 0.29) is 11.5 Å². The number of aliphatic hydroxyl groups excluding tert-OH is 1. The van der Waals surface area contributed by atoms with Crippen molar-refractivity contribution in [3.8, 4) is 0 Å². The minimum atomic E-state index is -0.368. The van der Waals surface area contributed by atoms with Crippen LogP contribution in [0, 0.1) is 12.3 Å². The fraction of sp³-hybridized carbons (Fsp3) is 0.600. The van der Waals surface area contributed by atoms with Crippen molar-refractivity contribution in [2.24, 2.45) is 5.41 Å². The first kappa shape index (κ1) is 12.9. The van der Waals surface area contributed by atoms with Gasteiger partial charge in [-0.3, -0.25) is 0 Å². The maximum atomic E-state index is 10.6. The highest BCUT2D eigenvalue weighted by molar-refractivity contribution is 6.31. The minimum Gasteiger partial charge on any atom is -0.388 e. The summed E-state index contributed by atoms with van der Waals surface area (Å²) in [7, 11) is 0. The molecule has 0 radical (unpaired) electrons. The zero-order valence-corrected chi connectivity index (χ0v) is 11.4. The molecule has 0 bridgehead atoms. The summed E-state index contributed by atoms with van der Waals surface area (Å²) in [6, 6.07) is 5.94. The van der Waals surface area contributed by atoms with Gasteiger partial charge < -0.3 is 5.11 Å². The molecular formula is C15H21ClO. The van der Waals surface area contributed by atoms with E-state index in [2.05, 4.69) is 6.92 Å². The molecule has 1 aliphatic carbocycles. The van der Waals surface area contributed by atoms with Crippen LogP contribution in [-0.2, 0) is 0 Å². The molecule has 0 saturated heterocycles. The van der Waals surface area contributed by atoms with E-state index in [9.17, 15) is 5.11 Å². The smallest absolute Gasteiger partial charge is 0.0846 e. The van der Waals surface area contributed by atoms with Gasteiger partial charge in [0.25, 0.3) is 0 Å². The SMILES string of the molecule is CCC1(C(O)c2ccc(C)c(Cl)c2)CCCC1. The lowest BCUT2D eigenvalue weighted by Crippen LogP contribution is -2.25. The van der Waals surface area contributed by atoms with Crippen LogP contribution in [0.5, 0.6) is 0 Å². The van der Waals surface area contributed by atoms with Gasteiger partial charge in [0.05, 0.1) is 6.10 Å². The highest BCUT2D eigenvalue weighted by Gasteiger charge is 2.39. The summed E-state index contributed by atoms with van der Waals surface area (Å²) in [5.74, 6) is 0. The van der Waals surface area contributed by atoms with Gasteiger partial charge in [0, 0.05) is 10.4 Å². The second kappa shape index (κ2) is 4.99. The molecule has 1 unspecified atom stereocenters. The van der Waals surface area contributed by atoms with Crippen LogP contribution in [0.4, 0.5) is 0 Å². The third kappa shape index (κ3) is 2.36. The lowest BCUT2D eigenvalue weighted by molar-refractivity contribution is 0.0238. The molecule has 1 N–H and O–H groups in total. The van der Waals surface area contributed by atoms with Crippen LogP contribution in [0.15, 0.2) is 18.2 Å². The summed E-state index contributed by atoms with van der Waals surface area (Å²) in [5.41, 5.74) is 2.13. The van der Waals surface area contributed by atoms with Crippen LogP contribution in [0.2, 0.25) is 5.02 Å². The number of rotatable bonds is 3. The van der Waals surface area contributed by atoms with Crippen molar-refractivity contribution in [1.29, 1.82) is 0 Å². The standard InChI is InChI=1S/C15H21ClO/c1-3-15(8-4-5-9-15)14(17)12-7-6-11(2)13(16)10-12/h6-7,10,14,17H,3-5,8-9H2,1-2H3. The first-order valence-corrected chi connectivity index (χ1v) is 6.91. The lowest BCUT2D eigenvalue weighted by atomic mass is 9.75. The molecule has 1 fully saturated rings. The van der Waals surface area contributed by atoms with Crippen molar-refractivity contribution < 1.29 is 5.11 Å². The molecule has 0 heterocycles. The van der Waals surface area contributed by atoms with Crippen LogP contribution in [-0.4, -0.2) is 5.11 Å². The van der Waals surface area contributed by atoms with E-state index in [4.69, 9.17) is 11.6 Å². The second-order valence-corrected chi connectivity index (χ2v) is 5.74. The minimum absolute atomic E-state index is 0.0819. The number of benzene rings is 1. The highest BCUT2D eigenvalue weighted by atomic mass is 35.5. The number of hydrogen-bond acceptors (Lipinski definition) is 1. The molecule has 1 aromatic carbocycles. The number of aryl methyl sites for hydroxylation is 1. The Hall–Kier alpha value is -0.530. The molecule has 0 amide bonds. The van der Waals surface area contributed by atoms with Crippen LogP contribution >= 0.6 is 11.6 Å². The van der Waals surface area contributed by atoms with Gasteiger partial charge >= 0.3 is 0 Å². The topological polar surface area (TPSA) is 20.2 Å². The van der Waals surface area contributed by atoms with Crippen LogP contribution in [0.25, 0.3) is 0 Å². The number of aliphatic hydroxyl groups is 1. The largest absolute Gasteiger partial charge is 0.388 e. The molecule has 1 atom stereocenters. The quantitative estimate of drug-likeness (QED) is 0.830. The zero-order valence-electron chi connectivity index (χ0n) is 10.7. The average Bonchev–Trinajstić information content (AvgIpc) is 2.81. The summed E-state index contributed by atoms with van der Waals surface area (Å²) >= 11 is 6.14. The van der Waals surface area contributed by atoms with Crippen molar-refractivity contribution >= 4 is 11.6 Å². The van der Waals surface area contributed by atoms with Crippen LogP contribution in [0.1, 0.15) is 56.3 Å². The van der Waals surface area contributed by atoms with E-state index < -0.39 is 0 Å². The van der Waals surface area contributed by atoms with Gasteiger partial charge in [0.2, 0.25) is 0 Å². The van der Waals surface area contributed by atoms with Crippen molar-refractivity contribution in [3.63, 3.8) is 0 Å². The number of halogens is 1. The fourth-order valence-corrected chi connectivity index (χ4v) is 3.22. The van der Waals surface area contributed by atoms with E-state index in [0.717, 1.165) is 35.4 Å². The zero-order chi connectivity index (χ0) is 12.5. The Balaban J connectivity index is 2.29. The molecule has 1 aromatic rings. The Labute approximate surface area is 109 Å². The second-order valence-electron chi connectivity index (χ2n) is 5.33. The molecule has 2 rings (SSSR count). The predicted molar refractivity (Wildman–Crippen MR) is 72.3 cm³/mol. The van der Waals surface area contributed by atoms with E-state index in [1.807, 2.05) is 25.1 Å². The van der Waals surface area contributed by atoms with Crippen LogP contribution < -0.4 is 0 Å². The lowest BCUT2D eigenvalue weighted by Gasteiger charge is -2.33. The normalized spacial score (nSPS) is 20.5. The molecular weight excluding hydrogens is 232 g/mol. The monoisotopic (exact) mass is 252 g/mol. The van der Waals surface area contributed by atoms with Gasteiger partial charge in [-0.05, 0) is 43.4 Å². The maximum Gasteiger partial charge on any atom is 0.0846 e. The summed E-state index contributed by atoms with van der Waals surface area (Å²) in [5, 5.41) is 11.4. The summed E-state index contributed by atoms with van der Waals surface area (Å²) < 4.78 is 0. The van der Waals surface area contributed by atoms with E-state index >= 15 is 0 Å². The Morgan fingerprint density at radius 2 is 2.00 bits per heavy atom. The maximum absolute atomic E-state index is 10.6. The van der Waals surface area contributed by atoms with E-state index in [0.29, 0.717) is 0 Å². The van der Waals surface area contributed by atoms with E-state index in [1.54, 1.807) is 0 Å². The summed E-state index contributed by atoms with van der Waals surface area (Å²) in [6.45, 7) is 4.17. The van der Waals surface area contributed by atoms with Crippen molar-refractivity contribution in [2.75, 3.05) is 0 Å². The van der Waals surface area contributed by atoms with Gasteiger partial charge in [-0.1, -0.05) is 43.5 Å². The van der Waals surface area contributed by atoms with Gasteiger partial charge in [0.1, 0.15) is 0 Å². The first-order chi connectivity index (χ1) is 8.09. The molecule has 2 heteroatoms. The third-order valence-corrected chi connectivity index (χ3v) is 4.80. The predicted octanol–water partition coefficient (Wildman–Crippen LogP) is 4.65. The molecule has 0 spiro atoms. The average molecular weight is 253 g/mol. The van der Waals surface area contributed by atoms with Gasteiger partial charge in [-0.2, -0.15) is 0 Å². The fourth-order valence-electron chi connectivity index (χ4n) is 3.03. The summed E-state index contributed by atoms with van der Waals surface area (Å²) in [4.78, 5) is 0. The Kier molecular flexibility index (Phi) is 3.79. The molecule has 94 valence electrons. The molecule has 17 heavy (non-hydrogen) atoms. The molecule has 0 aromatic heterocycles. The Morgan fingerprint density at radius 3 is 2.53 bits per heavy atom. The summed E-state index contributed by atoms with van der Waals surface area (Å²) in [6.07, 6.45) is 5.43. The van der Waals surface area contributed by atoms with Gasteiger partial charge in [0.15, 0.2) is 0 Å². The van der Waals surface area contributed by atoms with Crippen molar-refractivity contribution in [3.05, 3.63) is 34.3 Å². The molecule has 0 aliphatic heterocycles. The molecule has 1 saturated carbocycles. The van der Waals surface area contributed by atoms with Gasteiger partial charge in [-0.15, -0.1) is 0 Å². The van der Waals surface area contributed by atoms with Gasteiger partial charge in [-0.25, -0.2) is 0 Å². The molecule has 1 aliphatic rings. The third-order valence-electron chi connectivity index (χ3n) is 4.40. The molecule has 1 nitrogen and oxygen atoms in total. The van der Waals surface area contributed by atoms with E-state index in [1.165, 1.54) is 12.8 Å². The first-order valence-electron chi connectivity index (χ1n) is 6.53. The van der Waals surface area contributed by atoms with Crippen molar-refractivity contribution in [2.45, 2.75) is 52.1 Å². The highest BCUT2D eigenvalue weighted by Crippen LogP contribution is 2.50. The van der Waals surface area contributed by atoms with Crippen molar-refractivity contribution in [1.82, 2.24) is 0 Å². The Bertz CT molecular complexity index is 394. The van der Waals surface area contributed by atoms with Crippen LogP contribution in [0.3, 0.4) is 0 Å². The number of hydrogen-bond donors (Lipinski definition) is 1.